The van der Waals surface area contributed by atoms with Crippen molar-refractivity contribution in [2.45, 2.75) is 19.4 Å². The summed E-state index contributed by atoms with van der Waals surface area (Å²) in [5, 5.41) is 11.3. The zero-order chi connectivity index (χ0) is 15.0. The van der Waals surface area contributed by atoms with Gasteiger partial charge in [0.25, 0.3) is 5.69 Å². The van der Waals surface area contributed by atoms with Gasteiger partial charge in [0.15, 0.2) is 5.13 Å². The zero-order valence-electron chi connectivity index (χ0n) is 11.0. The number of nitrogens with zero attached hydrogens (tertiary/aromatic N) is 3. The SMILES string of the molecule is Nc1ncc(CN2C(=O)CCc3cc([N+](=O)[O-])ccc32)s1. The number of nitrogens with two attached hydrogens (primary N) is 1. The number of nitrogen functional groups attached to an aromatic ring is 1. The maximum absolute atomic E-state index is 12.1. The van der Waals surface area contributed by atoms with Crippen LogP contribution in [-0.4, -0.2) is 15.8 Å². The Balaban J connectivity index is 1.95. The molecule has 2 N–H and O–H groups in total. The summed E-state index contributed by atoms with van der Waals surface area (Å²) in [4.78, 5) is 29.0. The van der Waals surface area contributed by atoms with Gasteiger partial charge >= 0.3 is 0 Å². The van der Waals surface area contributed by atoms with Crippen molar-refractivity contribution in [3.8, 4) is 0 Å². The number of benzene rings is 1. The summed E-state index contributed by atoms with van der Waals surface area (Å²) in [6, 6.07) is 4.59. The van der Waals surface area contributed by atoms with Crippen LogP contribution in [0.2, 0.25) is 0 Å². The Morgan fingerprint density at radius 3 is 2.90 bits per heavy atom. The van der Waals surface area contributed by atoms with Gasteiger partial charge in [0.2, 0.25) is 5.91 Å². The Labute approximate surface area is 124 Å². The van der Waals surface area contributed by atoms with Crippen LogP contribution in [0.4, 0.5) is 16.5 Å². The molecule has 8 heteroatoms. The fourth-order valence-electron chi connectivity index (χ4n) is 2.38. The monoisotopic (exact) mass is 304 g/mol. The number of non-ortho nitro benzene ring substituents is 1. The quantitative estimate of drug-likeness (QED) is 0.691. The number of nitro groups is 1. The molecule has 1 aromatic heterocycles. The van der Waals surface area contributed by atoms with Crippen LogP contribution >= 0.6 is 11.3 Å². The molecule has 0 bridgehead atoms. The van der Waals surface area contributed by atoms with Crippen LogP contribution in [0.3, 0.4) is 0 Å². The number of fused-ring (bicyclic) bond motifs is 1. The number of aromatic nitrogens is 1. The van der Waals surface area contributed by atoms with Gasteiger partial charge in [-0.3, -0.25) is 14.9 Å². The molecular weight excluding hydrogens is 292 g/mol. The van der Waals surface area contributed by atoms with Crippen molar-refractivity contribution in [3.63, 3.8) is 0 Å². The summed E-state index contributed by atoms with van der Waals surface area (Å²) in [7, 11) is 0. The summed E-state index contributed by atoms with van der Waals surface area (Å²) in [5.74, 6) is 0.00308. The first-order valence-electron chi connectivity index (χ1n) is 6.32. The van der Waals surface area contributed by atoms with Crippen molar-refractivity contribution >= 4 is 33.8 Å². The smallest absolute Gasteiger partial charge is 0.269 e. The fourth-order valence-corrected chi connectivity index (χ4v) is 3.06. The van der Waals surface area contributed by atoms with Crippen molar-refractivity contribution in [2.24, 2.45) is 0 Å². The summed E-state index contributed by atoms with van der Waals surface area (Å²) in [5.41, 5.74) is 7.19. The van der Waals surface area contributed by atoms with E-state index in [0.29, 0.717) is 24.5 Å². The first-order valence-corrected chi connectivity index (χ1v) is 7.14. The minimum Gasteiger partial charge on any atom is -0.375 e. The molecule has 2 aromatic rings. The number of hydrogen-bond donors (Lipinski definition) is 1. The zero-order valence-corrected chi connectivity index (χ0v) is 11.8. The molecule has 0 saturated carbocycles. The molecule has 2 heterocycles. The maximum atomic E-state index is 12.1. The second-order valence-corrected chi connectivity index (χ2v) is 5.86. The largest absolute Gasteiger partial charge is 0.375 e. The molecule has 1 aliphatic rings. The summed E-state index contributed by atoms with van der Waals surface area (Å²) >= 11 is 1.33. The van der Waals surface area contributed by atoms with Gasteiger partial charge in [0.1, 0.15) is 0 Å². The predicted octanol–water partition coefficient (Wildman–Crippen LogP) is 2.11. The number of carbonyl (C=O) groups is 1. The molecule has 108 valence electrons. The molecule has 0 unspecified atom stereocenters. The number of carbonyl (C=O) groups excluding carboxylic acids is 1. The third kappa shape index (κ3) is 2.57. The Bertz CT molecular complexity index is 728. The molecule has 0 aliphatic carbocycles. The number of hydrogen-bond acceptors (Lipinski definition) is 6. The van der Waals surface area contributed by atoms with E-state index in [-0.39, 0.29) is 11.6 Å². The van der Waals surface area contributed by atoms with E-state index < -0.39 is 4.92 Å². The molecule has 0 saturated heterocycles. The third-order valence-corrected chi connectivity index (χ3v) is 4.17. The molecule has 3 rings (SSSR count). The van der Waals surface area contributed by atoms with Crippen molar-refractivity contribution in [1.82, 2.24) is 4.98 Å². The number of thiazole rings is 1. The molecular formula is C13H12N4O3S. The molecule has 0 fully saturated rings. The van der Waals surface area contributed by atoms with Gasteiger partial charge in [-0.25, -0.2) is 4.98 Å². The van der Waals surface area contributed by atoms with Crippen LogP contribution in [-0.2, 0) is 17.8 Å². The molecule has 0 spiro atoms. The van der Waals surface area contributed by atoms with Crippen molar-refractivity contribution in [3.05, 3.63) is 45.0 Å². The van der Waals surface area contributed by atoms with E-state index in [1.165, 1.54) is 23.5 Å². The summed E-state index contributed by atoms with van der Waals surface area (Å²) < 4.78 is 0. The number of aryl methyl sites for hydroxylation is 1. The average Bonchev–Trinajstić information content (AvgIpc) is 2.87. The van der Waals surface area contributed by atoms with Gasteiger partial charge < -0.3 is 10.6 Å². The number of amides is 1. The van der Waals surface area contributed by atoms with E-state index in [1.54, 1.807) is 17.2 Å². The standard InChI is InChI=1S/C13H12N4O3S/c14-13-15-6-10(21-13)7-16-11-3-2-9(17(19)20)5-8(11)1-4-12(16)18/h2-3,5-6H,1,4,7H2,(H2,14,15). The van der Waals surface area contributed by atoms with Crippen LogP contribution < -0.4 is 10.6 Å². The molecule has 7 nitrogen and oxygen atoms in total. The van der Waals surface area contributed by atoms with E-state index in [2.05, 4.69) is 4.98 Å². The Kier molecular flexibility index (Phi) is 3.30. The molecule has 1 aromatic carbocycles. The molecule has 21 heavy (non-hydrogen) atoms. The second kappa shape index (κ2) is 5.13. The minimum atomic E-state index is -0.426. The van der Waals surface area contributed by atoms with Crippen LogP contribution in [0.25, 0.3) is 0 Å². The molecule has 1 aliphatic heterocycles. The van der Waals surface area contributed by atoms with Gasteiger partial charge in [-0.15, -0.1) is 11.3 Å². The van der Waals surface area contributed by atoms with E-state index in [0.717, 1.165) is 16.1 Å². The van der Waals surface area contributed by atoms with Crippen LogP contribution in [0.15, 0.2) is 24.4 Å². The van der Waals surface area contributed by atoms with Crippen LogP contribution in [0, 0.1) is 10.1 Å². The van der Waals surface area contributed by atoms with Crippen molar-refractivity contribution < 1.29 is 9.72 Å². The van der Waals surface area contributed by atoms with Crippen LogP contribution in [0.1, 0.15) is 16.9 Å². The number of rotatable bonds is 3. The first-order chi connectivity index (χ1) is 10.0. The lowest BCUT2D eigenvalue weighted by molar-refractivity contribution is -0.384. The van der Waals surface area contributed by atoms with Gasteiger partial charge in [0, 0.05) is 35.3 Å². The molecule has 0 radical (unpaired) electrons. The minimum absolute atomic E-state index is 0.00308. The highest BCUT2D eigenvalue weighted by Crippen LogP contribution is 2.32. The topological polar surface area (TPSA) is 102 Å². The highest BCUT2D eigenvalue weighted by molar-refractivity contribution is 7.15. The van der Waals surface area contributed by atoms with Gasteiger partial charge in [-0.2, -0.15) is 0 Å². The third-order valence-electron chi connectivity index (χ3n) is 3.36. The Hall–Kier alpha value is -2.48. The van der Waals surface area contributed by atoms with Gasteiger partial charge in [-0.1, -0.05) is 0 Å². The van der Waals surface area contributed by atoms with E-state index in [1.807, 2.05) is 0 Å². The van der Waals surface area contributed by atoms with E-state index in [9.17, 15) is 14.9 Å². The van der Waals surface area contributed by atoms with Gasteiger partial charge in [-0.05, 0) is 18.1 Å². The highest BCUT2D eigenvalue weighted by Gasteiger charge is 2.26. The number of nitro benzene ring substituents is 1. The van der Waals surface area contributed by atoms with Crippen LogP contribution in [0.5, 0.6) is 0 Å². The first kappa shape index (κ1) is 13.5. The predicted molar refractivity (Wildman–Crippen MR) is 79.1 cm³/mol. The van der Waals surface area contributed by atoms with E-state index in [4.69, 9.17) is 5.73 Å². The van der Waals surface area contributed by atoms with Gasteiger partial charge in [0.05, 0.1) is 11.5 Å². The van der Waals surface area contributed by atoms with E-state index >= 15 is 0 Å². The van der Waals surface area contributed by atoms with Crippen molar-refractivity contribution in [1.29, 1.82) is 0 Å². The molecule has 0 atom stereocenters. The lowest BCUT2D eigenvalue weighted by Crippen LogP contribution is -2.34. The normalized spacial score (nSPS) is 14.1. The second-order valence-electron chi connectivity index (χ2n) is 4.71. The number of anilines is 2. The average molecular weight is 304 g/mol. The summed E-state index contributed by atoms with van der Waals surface area (Å²) in [6.45, 7) is 0.387. The fraction of sp³-hybridized carbons (Fsp3) is 0.231. The summed E-state index contributed by atoms with van der Waals surface area (Å²) in [6.07, 6.45) is 2.52. The maximum Gasteiger partial charge on any atom is 0.269 e. The van der Waals surface area contributed by atoms with Crippen molar-refractivity contribution in [2.75, 3.05) is 10.6 Å². The Morgan fingerprint density at radius 1 is 1.43 bits per heavy atom. The lowest BCUT2D eigenvalue weighted by Gasteiger charge is -2.28. The Morgan fingerprint density at radius 2 is 2.24 bits per heavy atom. The highest BCUT2D eigenvalue weighted by atomic mass is 32.1. The lowest BCUT2D eigenvalue weighted by atomic mass is 10.0. The molecule has 1 amide bonds.